The maximum Gasteiger partial charge on any atom is 0.266 e. The van der Waals surface area contributed by atoms with Gasteiger partial charge in [0.1, 0.15) is 5.75 Å². The standard InChI is InChI=1S/C19H14ClNO3/c1-24-17-7-6-13(20)10-15(17)19(23)14-8-11-4-2-3-5-12(11)9-16(14)21-18(19)22/h2-10,23H,1H3,(H,21,22). The summed E-state index contributed by atoms with van der Waals surface area (Å²) in [6.07, 6.45) is 0. The lowest BCUT2D eigenvalue weighted by Gasteiger charge is -2.24. The molecule has 0 radical (unpaired) electrons. The van der Waals surface area contributed by atoms with E-state index in [4.69, 9.17) is 16.3 Å². The largest absolute Gasteiger partial charge is 0.496 e. The van der Waals surface area contributed by atoms with Gasteiger partial charge in [0.15, 0.2) is 5.60 Å². The predicted molar refractivity (Wildman–Crippen MR) is 93.6 cm³/mol. The minimum absolute atomic E-state index is 0.323. The van der Waals surface area contributed by atoms with E-state index in [9.17, 15) is 9.90 Å². The molecule has 3 aromatic carbocycles. The highest BCUT2D eigenvalue weighted by Crippen LogP contribution is 2.46. The van der Waals surface area contributed by atoms with Crippen molar-refractivity contribution in [1.82, 2.24) is 0 Å². The van der Waals surface area contributed by atoms with Crippen LogP contribution in [0.15, 0.2) is 54.6 Å². The Hall–Kier alpha value is -2.56. The third-order valence-electron chi connectivity index (χ3n) is 4.40. The first-order valence-electron chi connectivity index (χ1n) is 7.45. The average molecular weight is 340 g/mol. The Labute approximate surface area is 143 Å². The molecule has 0 spiro atoms. The number of benzene rings is 3. The van der Waals surface area contributed by atoms with Crippen LogP contribution in [0.5, 0.6) is 5.75 Å². The molecule has 5 heteroatoms. The van der Waals surface area contributed by atoms with E-state index >= 15 is 0 Å². The van der Waals surface area contributed by atoms with Gasteiger partial charge in [0.25, 0.3) is 5.91 Å². The molecule has 1 aliphatic rings. The zero-order valence-corrected chi connectivity index (χ0v) is 13.6. The fraction of sp³-hybridized carbons (Fsp3) is 0.105. The van der Waals surface area contributed by atoms with Crippen molar-refractivity contribution in [3.63, 3.8) is 0 Å². The molecule has 0 saturated carbocycles. The third kappa shape index (κ3) is 2.00. The summed E-state index contributed by atoms with van der Waals surface area (Å²) in [5.74, 6) is -0.119. The van der Waals surface area contributed by atoms with Gasteiger partial charge in [-0.1, -0.05) is 35.9 Å². The van der Waals surface area contributed by atoms with Crippen LogP contribution >= 0.6 is 11.6 Å². The van der Waals surface area contributed by atoms with E-state index in [0.29, 0.717) is 27.6 Å². The van der Waals surface area contributed by atoms with Crippen LogP contribution in [0, 0.1) is 0 Å². The van der Waals surface area contributed by atoms with Gasteiger partial charge in [-0.15, -0.1) is 0 Å². The zero-order chi connectivity index (χ0) is 16.9. The van der Waals surface area contributed by atoms with Crippen molar-refractivity contribution in [3.8, 4) is 5.75 Å². The molecule has 0 aromatic heterocycles. The number of hydrogen-bond donors (Lipinski definition) is 2. The molecule has 0 fully saturated rings. The third-order valence-corrected chi connectivity index (χ3v) is 4.64. The fourth-order valence-corrected chi connectivity index (χ4v) is 3.38. The molecule has 0 bridgehead atoms. The van der Waals surface area contributed by atoms with E-state index in [1.165, 1.54) is 7.11 Å². The summed E-state index contributed by atoms with van der Waals surface area (Å²) in [4.78, 5) is 12.7. The Morgan fingerprint density at radius 2 is 1.75 bits per heavy atom. The smallest absolute Gasteiger partial charge is 0.266 e. The van der Waals surface area contributed by atoms with Crippen molar-refractivity contribution < 1.29 is 14.6 Å². The first-order valence-corrected chi connectivity index (χ1v) is 7.83. The summed E-state index contributed by atoms with van der Waals surface area (Å²) in [5.41, 5.74) is -0.450. The molecule has 2 N–H and O–H groups in total. The van der Waals surface area contributed by atoms with Crippen LogP contribution < -0.4 is 10.1 Å². The lowest BCUT2D eigenvalue weighted by atomic mass is 9.86. The van der Waals surface area contributed by atoms with E-state index in [-0.39, 0.29) is 0 Å². The highest BCUT2D eigenvalue weighted by atomic mass is 35.5. The van der Waals surface area contributed by atoms with Gasteiger partial charge in [0, 0.05) is 21.8 Å². The molecule has 1 unspecified atom stereocenters. The highest BCUT2D eigenvalue weighted by molar-refractivity contribution is 6.30. The molecule has 0 aliphatic carbocycles. The van der Waals surface area contributed by atoms with E-state index in [2.05, 4.69) is 5.32 Å². The van der Waals surface area contributed by atoms with Crippen molar-refractivity contribution in [3.05, 3.63) is 70.7 Å². The number of carbonyl (C=O) groups is 1. The van der Waals surface area contributed by atoms with Crippen LogP contribution in [0.4, 0.5) is 5.69 Å². The SMILES string of the molecule is COc1ccc(Cl)cc1C1(O)C(=O)Nc2cc3ccccc3cc21. The Morgan fingerprint density at radius 3 is 2.46 bits per heavy atom. The van der Waals surface area contributed by atoms with Gasteiger partial charge >= 0.3 is 0 Å². The second-order valence-electron chi connectivity index (χ2n) is 5.75. The number of halogens is 1. The molecule has 4 nitrogen and oxygen atoms in total. The second-order valence-corrected chi connectivity index (χ2v) is 6.19. The minimum atomic E-state index is -1.85. The monoisotopic (exact) mass is 339 g/mol. The van der Waals surface area contributed by atoms with E-state index in [1.54, 1.807) is 18.2 Å². The molecule has 0 saturated heterocycles. The van der Waals surface area contributed by atoms with Crippen LogP contribution in [0.1, 0.15) is 11.1 Å². The molecular weight excluding hydrogens is 326 g/mol. The number of amides is 1. The summed E-state index contributed by atoms with van der Waals surface area (Å²) in [6, 6.07) is 16.3. The maximum atomic E-state index is 12.7. The van der Waals surface area contributed by atoms with Gasteiger partial charge in [-0.25, -0.2) is 0 Å². The number of nitrogens with one attached hydrogen (secondary N) is 1. The summed E-state index contributed by atoms with van der Waals surface area (Å²) < 4.78 is 5.33. The number of anilines is 1. The summed E-state index contributed by atoms with van der Waals surface area (Å²) in [5, 5.41) is 16.4. The van der Waals surface area contributed by atoms with Crippen molar-refractivity contribution >= 4 is 34.0 Å². The normalized spacial score (nSPS) is 19.2. The quantitative estimate of drug-likeness (QED) is 0.748. The number of fused-ring (bicyclic) bond motifs is 2. The predicted octanol–water partition coefficient (Wildman–Crippen LogP) is 3.69. The Bertz CT molecular complexity index is 986. The number of ether oxygens (including phenoxy) is 1. The summed E-state index contributed by atoms with van der Waals surface area (Å²) in [6.45, 7) is 0. The molecule has 1 atom stereocenters. The van der Waals surface area contributed by atoms with Gasteiger partial charge < -0.3 is 15.2 Å². The van der Waals surface area contributed by atoms with Crippen LogP contribution in [-0.4, -0.2) is 18.1 Å². The van der Waals surface area contributed by atoms with Gasteiger partial charge in [-0.3, -0.25) is 4.79 Å². The molecule has 4 rings (SSSR count). The average Bonchev–Trinajstić information content (AvgIpc) is 2.84. The van der Waals surface area contributed by atoms with Gasteiger partial charge in [-0.05, 0) is 41.1 Å². The molecule has 1 heterocycles. The number of methoxy groups -OCH3 is 1. The van der Waals surface area contributed by atoms with Crippen LogP contribution in [0.3, 0.4) is 0 Å². The van der Waals surface area contributed by atoms with Crippen LogP contribution in [0.25, 0.3) is 10.8 Å². The highest BCUT2D eigenvalue weighted by Gasteiger charge is 2.48. The van der Waals surface area contributed by atoms with Gasteiger partial charge in [0.2, 0.25) is 0 Å². The van der Waals surface area contributed by atoms with Crippen molar-refractivity contribution in [2.75, 3.05) is 12.4 Å². The molecule has 24 heavy (non-hydrogen) atoms. The van der Waals surface area contributed by atoms with E-state index in [1.807, 2.05) is 36.4 Å². The lowest BCUT2D eigenvalue weighted by Crippen LogP contribution is -2.35. The molecule has 1 aliphatic heterocycles. The second kappa shape index (κ2) is 5.23. The first-order chi connectivity index (χ1) is 11.5. The Morgan fingerprint density at radius 1 is 1.04 bits per heavy atom. The lowest BCUT2D eigenvalue weighted by molar-refractivity contribution is -0.129. The minimum Gasteiger partial charge on any atom is -0.496 e. The molecular formula is C19H14ClNO3. The molecule has 120 valence electrons. The van der Waals surface area contributed by atoms with Crippen LogP contribution in [-0.2, 0) is 10.4 Å². The first kappa shape index (κ1) is 15.0. The van der Waals surface area contributed by atoms with E-state index in [0.717, 1.165) is 10.8 Å². The van der Waals surface area contributed by atoms with Crippen molar-refractivity contribution in [2.24, 2.45) is 0 Å². The number of carbonyl (C=O) groups excluding carboxylic acids is 1. The summed E-state index contributed by atoms with van der Waals surface area (Å²) in [7, 11) is 1.49. The number of rotatable bonds is 2. The fourth-order valence-electron chi connectivity index (χ4n) is 3.21. The Kier molecular flexibility index (Phi) is 3.27. The van der Waals surface area contributed by atoms with Crippen molar-refractivity contribution in [2.45, 2.75) is 5.60 Å². The maximum absolute atomic E-state index is 12.7. The van der Waals surface area contributed by atoms with Crippen molar-refractivity contribution in [1.29, 1.82) is 0 Å². The zero-order valence-electron chi connectivity index (χ0n) is 12.8. The number of hydrogen-bond acceptors (Lipinski definition) is 3. The molecule has 3 aromatic rings. The van der Waals surface area contributed by atoms with Gasteiger partial charge in [-0.2, -0.15) is 0 Å². The topological polar surface area (TPSA) is 58.6 Å². The number of aliphatic hydroxyl groups is 1. The Balaban J connectivity index is 2.02. The molecule has 1 amide bonds. The van der Waals surface area contributed by atoms with E-state index < -0.39 is 11.5 Å². The van der Waals surface area contributed by atoms with Gasteiger partial charge in [0.05, 0.1) is 7.11 Å². The van der Waals surface area contributed by atoms with Crippen LogP contribution in [0.2, 0.25) is 5.02 Å². The summed E-state index contributed by atoms with van der Waals surface area (Å²) >= 11 is 6.09.